The lowest BCUT2D eigenvalue weighted by Gasteiger charge is -2.23. The number of nitrogens with zero attached hydrogens (tertiary/aromatic N) is 3. The van der Waals surface area contributed by atoms with Crippen LogP contribution in [0, 0.1) is 0 Å². The maximum atomic E-state index is 6.52. The number of hydrogen-bond donors (Lipinski definition) is 1. The number of amidine groups is 2. The summed E-state index contributed by atoms with van der Waals surface area (Å²) in [6.45, 7) is 0. The number of furan rings is 1. The van der Waals surface area contributed by atoms with Gasteiger partial charge >= 0.3 is 0 Å². The molecule has 51 heavy (non-hydrogen) atoms. The van der Waals surface area contributed by atoms with Crippen molar-refractivity contribution in [3.63, 3.8) is 0 Å². The lowest BCUT2D eigenvalue weighted by Crippen LogP contribution is -2.33. The zero-order chi connectivity index (χ0) is 33.5. The van der Waals surface area contributed by atoms with E-state index in [1.807, 2.05) is 24.3 Å². The van der Waals surface area contributed by atoms with Gasteiger partial charge in [-0.05, 0) is 54.1 Å². The van der Waals surface area contributed by atoms with Crippen LogP contribution in [0.5, 0.6) is 0 Å². The maximum absolute atomic E-state index is 6.52. The fourth-order valence-corrected chi connectivity index (χ4v) is 8.91. The second kappa shape index (κ2) is 11.0. The number of rotatable bonds is 4. The Morgan fingerprint density at radius 1 is 0.569 bits per heavy atom. The first-order valence-electron chi connectivity index (χ1n) is 17.1. The summed E-state index contributed by atoms with van der Waals surface area (Å²) in [5, 5.41) is 10.7. The summed E-state index contributed by atoms with van der Waals surface area (Å²) in [4.78, 5) is 10.3. The maximum Gasteiger partial charge on any atom is 0.160 e. The van der Waals surface area contributed by atoms with Crippen LogP contribution >= 0.6 is 11.3 Å². The Balaban J connectivity index is 1.09. The van der Waals surface area contributed by atoms with E-state index in [0.29, 0.717) is 0 Å². The van der Waals surface area contributed by atoms with Gasteiger partial charge in [0.15, 0.2) is 5.84 Å². The molecule has 0 aliphatic carbocycles. The van der Waals surface area contributed by atoms with Gasteiger partial charge in [-0.3, -0.25) is 0 Å². The van der Waals surface area contributed by atoms with E-state index in [9.17, 15) is 0 Å². The molecular formula is C45H28N4OS. The van der Waals surface area contributed by atoms with Crippen molar-refractivity contribution in [3.05, 3.63) is 174 Å². The third-order valence-corrected chi connectivity index (χ3v) is 11.3. The largest absolute Gasteiger partial charge is 0.456 e. The molecule has 1 N–H and O–H groups in total. The van der Waals surface area contributed by atoms with Crippen molar-refractivity contribution < 1.29 is 4.42 Å². The summed E-state index contributed by atoms with van der Waals surface area (Å²) in [5.41, 5.74) is 8.42. The van der Waals surface area contributed by atoms with Crippen molar-refractivity contribution in [2.75, 3.05) is 0 Å². The lowest BCUT2D eigenvalue weighted by atomic mass is 10.0. The van der Waals surface area contributed by atoms with Crippen LogP contribution in [0.2, 0.25) is 0 Å². The summed E-state index contributed by atoms with van der Waals surface area (Å²) in [7, 11) is 0. The average Bonchev–Trinajstić information content (AvgIpc) is 3.86. The Hall–Kier alpha value is -6.50. The van der Waals surface area contributed by atoms with Gasteiger partial charge < -0.3 is 14.3 Å². The normalized spacial score (nSPS) is 14.9. The van der Waals surface area contributed by atoms with Gasteiger partial charge in [-0.1, -0.05) is 109 Å². The lowest BCUT2D eigenvalue weighted by molar-refractivity contribution is 0.669. The molecule has 3 aromatic heterocycles. The van der Waals surface area contributed by atoms with Gasteiger partial charge in [0.25, 0.3) is 0 Å². The standard InChI is InChI=1S/C45H28N4OS/c1-3-12-27(13-4-1)43-46-44(28-14-5-2-6-15-28)48-45(47-43)33-19-11-18-32-36-25-35-34-24-29(22-23-39(34)50-40(35)26-41(36)51-42(32)33)49-37-20-9-7-16-30(37)31-17-8-10-21-38(31)49/h1-26,43H,(H,46,47,48). The SMILES string of the molecule is c1ccc(C2=NC(c3cccc4c3sc3cc5oc6ccc(-n7c8ccccc8c8ccccc87)cc6c5cc34)=NC(c3ccccc3)N2)cc1. The number of para-hydroxylation sites is 2. The molecule has 0 radical (unpaired) electrons. The molecule has 0 bridgehead atoms. The Labute approximate surface area is 296 Å². The molecule has 11 rings (SSSR count). The van der Waals surface area contributed by atoms with Crippen molar-refractivity contribution >= 4 is 86.9 Å². The zero-order valence-corrected chi connectivity index (χ0v) is 28.1. The highest BCUT2D eigenvalue weighted by Gasteiger charge is 2.23. The summed E-state index contributed by atoms with van der Waals surface area (Å²) >= 11 is 1.77. The quantitative estimate of drug-likeness (QED) is 0.202. The second-order valence-electron chi connectivity index (χ2n) is 13.0. The van der Waals surface area contributed by atoms with E-state index in [0.717, 1.165) is 56.0 Å². The van der Waals surface area contributed by atoms with Gasteiger partial charge in [0.2, 0.25) is 0 Å². The van der Waals surface area contributed by atoms with Crippen molar-refractivity contribution in [2.24, 2.45) is 9.98 Å². The number of nitrogens with one attached hydrogen (secondary N) is 1. The predicted octanol–water partition coefficient (Wildman–Crippen LogP) is 11.5. The number of fused-ring (bicyclic) bond motifs is 9. The van der Waals surface area contributed by atoms with Crippen LogP contribution < -0.4 is 5.32 Å². The predicted molar refractivity (Wildman–Crippen MR) is 213 cm³/mol. The van der Waals surface area contributed by atoms with E-state index >= 15 is 0 Å². The third kappa shape index (κ3) is 4.40. The molecule has 0 amide bonds. The van der Waals surface area contributed by atoms with Crippen molar-refractivity contribution in [2.45, 2.75) is 6.17 Å². The topological polar surface area (TPSA) is 54.8 Å². The molecule has 1 atom stereocenters. The van der Waals surface area contributed by atoms with E-state index in [-0.39, 0.29) is 6.17 Å². The van der Waals surface area contributed by atoms with E-state index in [4.69, 9.17) is 14.4 Å². The Morgan fingerprint density at radius 3 is 2.04 bits per heavy atom. The highest BCUT2D eigenvalue weighted by atomic mass is 32.1. The molecule has 6 heteroatoms. The first-order chi connectivity index (χ1) is 25.3. The van der Waals surface area contributed by atoms with Crippen LogP contribution in [0.4, 0.5) is 0 Å². The molecule has 1 aliphatic rings. The van der Waals surface area contributed by atoms with Crippen LogP contribution in [-0.2, 0) is 0 Å². The summed E-state index contributed by atoms with van der Waals surface area (Å²) in [5.74, 6) is 1.54. The third-order valence-electron chi connectivity index (χ3n) is 10.1. The van der Waals surface area contributed by atoms with E-state index in [2.05, 4.69) is 143 Å². The summed E-state index contributed by atoms with van der Waals surface area (Å²) in [6, 6.07) is 55.5. The fourth-order valence-electron chi connectivity index (χ4n) is 7.69. The molecule has 1 unspecified atom stereocenters. The highest BCUT2D eigenvalue weighted by molar-refractivity contribution is 7.26. The smallest absolute Gasteiger partial charge is 0.160 e. The number of benzene rings is 7. The Kier molecular flexibility index (Phi) is 6.12. The Bertz CT molecular complexity index is 3010. The van der Waals surface area contributed by atoms with Crippen LogP contribution in [-0.4, -0.2) is 16.2 Å². The number of aromatic nitrogens is 1. The van der Waals surface area contributed by atoms with Gasteiger partial charge in [-0.25, -0.2) is 9.98 Å². The molecule has 0 fully saturated rings. The van der Waals surface area contributed by atoms with Crippen LogP contribution in [0.1, 0.15) is 22.9 Å². The van der Waals surface area contributed by atoms with Gasteiger partial charge in [0.05, 0.1) is 11.0 Å². The molecule has 10 aromatic rings. The summed E-state index contributed by atoms with van der Waals surface area (Å²) in [6.07, 6.45) is -0.254. The molecule has 5 nitrogen and oxygen atoms in total. The van der Waals surface area contributed by atoms with Crippen LogP contribution in [0.25, 0.3) is 69.6 Å². The molecule has 0 spiro atoms. The first kappa shape index (κ1) is 28.3. The number of aliphatic imine (C=N–C) groups is 2. The molecule has 7 aromatic carbocycles. The monoisotopic (exact) mass is 672 g/mol. The minimum Gasteiger partial charge on any atom is -0.456 e. The zero-order valence-electron chi connectivity index (χ0n) is 27.2. The molecule has 1 aliphatic heterocycles. The highest BCUT2D eigenvalue weighted by Crippen LogP contribution is 2.42. The number of hydrogen-bond acceptors (Lipinski definition) is 5. The van der Waals surface area contributed by atoms with E-state index < -0.39 is 0 Å². The minimum atomic E-state index is -0.254. The average molecular weight is 673 g/mol. The van der Waals surface area contributed by atoms with Crippen molar-refractivity contribution in [1.29, 1.82) is 0 Å². The number of thiophene rings is 1. The molecule has 240 valence electrons. The van der Waals surface area contributed by atoms with Gasteiger partial charge in [0.1, 0.15) is 23.2 Å². The van der Waals surface area contributed by atoms with E-state index in [1.54, 1.807) is 11.3 Å². The molecular weight excluding hydrogens is 645 g/mol. The van der Waals surface area contributed by atoms with E-state index in [1.165, 1.54) is 42.0 Å². The van der Waals surface area contributed by atoms with Crippen molar-refractivity contribution in [1.82, 2.24) is 9.88 Å². The van der Waals surface area contributed by atoms with Crippen LogP contribution in [0.3, 0.4) is 0 Å². The van der Waals surface area contributed by atoms with Gasteiger partial charge in [-0.15, -0.1) is 11.3 Å². The molecule has 4 heterocycles. The van der Waals surface area contributed by atoms with Crippen LogP contribution in [0.15, 0.2) is 172 Å². The van der Waals surface area contributed by atoms with Crippen molar-refractivity contribution in [3.8, 4) is 5.69 Å². The fraction of sp³-hybridized carbons (Fsp3) is 0.0222. The Morgan fingerprint density at radius 2 is 1.25 bits per heavy atom. The molecule has 0 saturated heterocycles. The first-order valence-corrected chi connectivity index (χ1v) is 17.9. The second-order valence-corrected chi connectivity index (χ2v) is 14.1. The molecule has 0 saturated carbocycles. The minimum absolute atomic E-state index is 0.254. The van der Waals surface area contributed by atoms with Gasteiger partial charge in [-0.2, -0.15) is 0 Å². The van der Waals surface area contributed by atoms with Gasteiger partial charge in [0, 0.05) is 58.5 Å². The summed E-state index contributed by atoms with van der Waals surface area (Å²) < 4.78 is 11.2.